The summed E-state index contributed by atoms with van der Waals surface area (Å²) in [5.41, 5.74) is 2.16. The smallest absolute Gasteiger partial charge is 0.339 e. The van der Waals surface area contributed by atoms with Crippen LogP contribution in [0.4, 0.5) is 0 Å². The first-order chi connectivity index (χ1) is 11.3. The van der Waals surface area contributed by atoms with Gasteiger partial charge < -0.3 is 4.74 Å². The van der Waals surface area contributed by atoms with E-state index in [0.29, 0.717) is 17.7 Å². The van der Waals surface area contributed by atoms with Gasteiger partial charge in [-0.25, -0.2) is 4.79 Å². The molecule has 0 aliphatic carbocycles. The van der Waals surface area contributed by atoms with Crippen LogP contribution in [-0.2, 0) is 4.74 Å². The Morgan fingerprint density at radius 2 is 1.65 bits per heavy atom. The highest BCUT2D eigenvalue weighted by molar-refractivity contribution is 5.92. The van der Waals surface area contributed by atoms with Gasteiger partial charge in [-0.1, -0.05) is 68.4 Å². The Kier molecular flexibility index (Phi) is 6.94. The number of carbonyl (C=O) groups excluding carboxylic acids is 1. The molecule has 2 heteroatoms. The minimum Gasteiger partial charge on any atom is -0.462 e. The molecule has 0 fully saturated rings. The number of hydrogen-bond acceptors (Lipinski definition) is 2. The van der Waals surface area contributed by atoms with E-state index in [-0.39, 0.29) is 5.97 Å². The molecule has 0 amide bonds. The number of carbonyl (C=O) groups is 1. The van der Waals surface area contributed by atoms with E-state index in [0.717, 1.165) is 18.4 Å². The van der Waals surface area contributed by atoms with E-state index in [4.69, 9.17) is 4.74 Å². The molecule has 0 aliphatic rings. The molecule has 23 heavy (non-hydrogen) atoms. The number of ether oxygens (including phenoxy) is 1. The molecular weight excluding hydrogens is 284 g/mol. The van der Waals surface area contributed by atoms with E-state index in [9.17, 15) is 4.79 Å². The second-order valence-electron chi connectivity index (χ2n) is 5.36. The molecule has 118 valence electrons. The highest BCUT2D eigenvalue weighted by atomic mass is 16.5. The zero-order chi connectivity index (χ0) is 16.3. The van der Waals surface area contributed by atoms with Crippen molar-refractivity contribution in [2.24, 2.45) is 0 Å². The molecule has 0 aromatic heterocycles. The van der Waals surface area contributed by atoms with Crippen molar-refractivity contribution in [2.75, 3.05) is 6.61 Å². The lowest BCUT2D eigenvalue weighted by atomic mass is 10.1. The SMILES string of the molecule is CCCCCCOC(=O)c1ccccc1C#Cc1ccccc1. The Morgan fingerprint density at radius 3 is 2.43 bits per heavy atom. The third-order valence-electron chi connectivity index (χ3n) is 3.49. The van der Waals surface area contributed by atoms with E-state index in [1.165, 1.54) is 12.8 Å². The average molecular weight is 306 g/mol. The van der Waals surface area contributed by atoms with E-state index in [2.05, 4.69) is 18.8 Å². The van der Waals surface area contributed by atoms with Crippen LogP contribution in [0.25, 0.3) is 0 Å². The summed E-state index contributed by atoms with van der Waals surface area (Å²) in [6.07, 6.45) is 4.36. The van der Waals surface area contributed by atoms with Crippen LogP contribution in [0.15, 0.2) is 54.6 Å². The number of rotatable bonds is 6. The predicted molar refractivity (Wildman–Crippen MR) is 93.3 cm³/mol. The molecule has 0 saturated carbocycles. The number of benzene rings is 2. The van der Waals surface area contributed by atoms with Crippen molar-refractivity contribution >= 4 is 5.97 Å². The van der Waals surface area contributed by atoms with E-state index >= 15 is 0 Å². The molecule has 0 unspecified atom stereocenters. The van der Waals surface area contributed by atoms with Gasteiger partial charge in [-0.2, -0.15) is 0 Å². The van der Waals surface area contributed by atoms with Gasteiger partial charge in [-0.05, 0) is 30.7 Å². The molecule has 0 heterocycles. The first-order valence-corrected chi connectivity index (χ1v) is 8.14. The Bertz CT molecular complexity index is 678. The zero-order valence-corrected chi connectivity index (χ0v) is 13.5. The lowest BCUT2D eigenvalue weighted by Crippen LogP contribution is -2.08. The van der Waals surface area contributed by atoms with Gasteiger partial charge in [0.15, 0.2) is 0 Å². The van der Waals surface area contributed by atoms with Crippen LogP contribution in [0.1, 0.15) is 54.1 Å². The van der Waals surface area contributed by atoms with Crippen LogP contribution in [-0.4, -0.2) is 12.6 Å². The molecule has 2 aromatic rings. The predicted octanol–water partition coefficient (Wildman–Crippen LogP) is 4.82. The summed E-state index contributed by atoms with van der Waals surface area (Å²) in [5.74, 6) is 5.86. The molecule has 0 aliphatic heterocycles. The lowest BCUT2D eigenvalue weighted by molar-refractivity contribution is 0.0497. The molecule has 0 N–H and O–H groups in total. The fourth-order valence-electron chi connectivity index (χ4n) is 2.20. The molecule has 2 rings (SSSR count). The second-order valence-corrected chi connectivity index (χ2v) is 5.36. The van der Waals surface area contributed by atoms with Crippen LogP contribution >= 0.6 is 0 Å². The van der Waals surface area contributed by atoms with Gasteiger partial charge >= 0.3 is 5.97 Å². The van der Waals surface area contributed by atoms with Crippen LogP contribution in [0.2, 0.25) is 0 Å². The summed E-state index contributed by atoms with van der Waals surface area (Å²) in [5, 5.41) is 0. The van der Waals surface area contributed by atoms with E-state index in [1.54, 1.807) is 6.07 Å². The maximum absolute atomic E-state index is 12.2. The van der Waals surface area contributed by atoms with Gasteiger partial charge in [0.25, 0.3) is 0 Å². The summed E-state index contributed by atoms with van der Waals surface area (Å²) in [7, 11) is 0. The van der Waals surface area contributed by atoms with Gasteiger partial charge in [0.2, 0.25) is 0 Å². The average Bonchev–Trinajstić information content (AvgIpc) is 2.61. The van der Waals surface area contributed by atoms with Gasteiger partial charge in [0.1, 0.15) is 0 Å². The maximum Gasteiger partial charge on any atom is 0.339 e. The van der Waals surface area contributed by atoms with Crippen molar-refractivity contribution in [3.05, 3.63) is 71.3 Å². The fraction of sp³-hybridized carbons (Fsp3) is 0.286. The standard InChI is InChI=1S/C21H22O2/c1-2-3-4-10-17-23-21(22)20-14-9-8-13-19(20)16-15-18-11-6-5-7-12-18/h5-9,11-14H,2-4,10,17H2,1H3. The van der Waals surface area contributed by atoms with Crippen LogP contribution in [0.3, 0.4) is 0 Å². The van der Waals surface area contributed by atoms with Gasteiger partial charge in [0, 0.05) is 11.1 Å². The topological polar surface area (TPSA) is 26.3 Å². The van der Waals surface area contributed by atoms with Gasteiger partial charge in [0.05, 0.1) is 12.2 Å². The molecule has 0 spiro atoms. The van der Waals surface area contributed by atoms with Crippen molar-refractivity contribution < 1.29 is 9.53 Å². The Balaban J connectivity index is 2.03. The summed E-state index contributed by atoms with van der Waals surface area (Å²) in [6.45, 7) is 2.63. The third-order valence-corrected chi connectivity index (χ3v) is 3.49. The molecule has 0 saturated heterocycles. The van der Waals surface area contributed by atoms with Crippen LogP contribution < -0.4 is 0 Å². The number of hydrogen-bond donors (Lipinski definition) is 0. The van der Waals surface area contributed by atoms with Crippen molar-refractivity contribution in [2.45, 2.75) is 32.6 Å². The minimum absolute atomic E-state index is 0.292. The molecular formula is C21H22O2. The first-order valence-electron chi connectivity index (χ1n) is 8.14. The molecule has 2 nitrogen and oxygen atoms in total. The minimum atomic E-state index is -0.292. The summed E-state index contributed by atoms with van der Waals surface area (Å²) in [6, 6.07) is 17.1. The van der Waals surface area contributed by atoms with E-state index in [1.807, 2.05) is 48.5 Å². The normalized spacial score (nSPS) is 9.78. The first kappa shape index (κ1) is 16.8. The summed E-state index contributed by atoms with van der Waals surface area (Å²) in [4.78, 5) is 12.2. The van der Waals surface area contributed by atoms with Crippen molar-refractivity contribution in [1.29, 1.82) is 0 Å². The maximum atomic E-state index is 12.2. The van der Waals surface area contributed by atoms with Crippen molar-refractivity contribution in [3.63, 3.8) is 0 Å². The lowest BCUT2D eigenvalue weighted by Gasteiger charge is -2.06. The molecule has 0 atom stereocenters. The quantitative estimate of drug-likeness (QED) is 0.434. The monoisotopic (exact) mass is 306 g/mol. The Labute approximate surface area is 138 Å². The van der Waals surface area contributed by atoms with Gasteiger partial charge in [-0.3, -0.25) is 0 Å². The third kappa shape index (κ3) is 5.64. The highest BCUT2D eigenvalue weighted by Gasteiger charge is 2.10. The second kappa shape index (κ2) is 9.48. The molecule has 0 radical (unpaired) electrons. The number of unbranched alkanes of at least 4 members (excludes halogenated alkanes) is 3. The van der Waals surface area contributed by atoms with Crippen LogP contribution in [0, 0.1) is 11.8 Å². The van der Waals surface area contributed by atoms with Gasteiger partial charge in [-0.15, -0.1) is 0 Å². The largest absolute Gasteiger partial charge is 0.462 e. The van der Waals surface area contributed by atoms with E-state index < -0.39 is 0 Å². The number of esters is 1. The summed E-state index contributed by atoms with van der Waals surface area (Å²) >= 11 is 0. The molecule has 2 aromatic carbocycles. The fourth-order valence-corrected chi connectivity index (χ4v) is 2.20. The Morgan fingerprint density at radius 1 is 0.913 bits per heavy atom. The summed E-state index contributed by atoms with van der Waals surface area (Å²) < 4.78 is 5.36. The van der Waals surface area contributed by atoms with Crippen molar-refractivity contribution in [1.82, 2.24) is 0 Å². The Hall–Kier alpha value is -2.53. The zero-order valence-electron chi connectivity index (χ0n) is 13.5. The van der Waals surface area contributed by atoms with Crippen LogP contribution in [0.5, 0.6) is 0 Å². The molecule has 0 bridgehead atoms. The van der Waals surface area contributed by atoms with Crippen molar-refractivity contribution in [3.8, 4) is 11.8 Å². The highest BCUT2D eigenvalue weighted by Crippen LogP contribution is 2.10.